The Bertz CT molecular complexity index is 461. The molecule has 0 aliphatic heterocycles. The van der Waals surface area contributed by atoms with Gasteiger partial charge in [0.15, 0.2) is 0 Å². The lowest BCUT2D eigenvalue weighted by Crippen LogP contribution is -2.28. The maximum absolute atomic E-state index is 11.8. The van der Waals surface area contributed by atoms with Crippen molar-refractivity contribution < 1.29 is 24.3 Å². The van der Waals surface area contributed by atoms with E-state index in [0.29, 0.717) is 5.56 Å². The van der Waals surface area contributed by atoms with E-state index in [4.69, 9.17) is 14.7 Å². The first kappa shape index (κ1) is 14.1. The third kappa shape index (κ3) is 3.02. The molecule has 1 N–H and O–H groups in total. The molecule has 0 fully saturated rings. The van der Waals surface area contributed by atoms with Crippen LogP contribution in [-0.4, -0.2) is 48.3 Å². The van der Waals surface area contributed by atoms with Gasteiger partial charge < -0.3 is 9.84 Å². The number of nitrogens with zero attached hydrogens (tertiary/aromatic N) is 2. The summed E-state index contributed by atoms with van der Waals surface area (Å²) in [5.74, 6) is -1.85. The fourth-order valence-electron chi connectivity index (χ4n) is 1.32. The fraction of sp³-hybridized carbons (Fsp3) is 0.364. The van der Waals surface area contributed by atoms with Crippen molar-refractivity contribution in [2.75, 3.05) is 21.3 Å². The van der Waals surface area contributed by atoms with Gasteiger partial charge in [0.25, 0.3) is 5.91 Å². The number of pyridine rings is 1. The molecule has 0 spiro atoms. The first-order valence-corrected chi connectivity index (χ1v) is 5.04. The highest BCUT2D eigenvalue weighted by atomic mass is 16.7. The topological polar surface area (TPSA) is 89.0 Å². The molecule has 1 heterocycles. The number of aromatic nitrogens is 1. The van der Waals surface area contributed by atoms with Crippen LogP contribution in [0.5, 0.6) is 0 Å². The molecule has 7 nitrogen and oxygen atoms in total. The average molecular weight is 254 g/mol. The molecule has 1 aromatic rings. The minimum absolute atomic E-state index is 0.174. The predicted molar refractivity (Wildman–Crippen MR) is 61.0 cm³/mol. The van der Waals surface area contributed by atoms with Gasteiger partial charge in [-0.15, -0.1) is 0 Å². The van der Waals surface area contributed by atoms with Crippen molar-refractivity contribution >= 4 is 11.9 Å². The van der Waals surface area contributed by atoms with Crippen molar-refractivity contribution in [1.29, 1.82) is 0 Å². The van der Waals surface area contributed by atoms with Crippen molar-refractivity contribution in [3.8, 4) is 0 Å². The van der Waals surface area contributed by atoms with E-state index in [0.717, 1.165) is 5.06 Å². The van der Waals surface area contributed by atoms with Gasteiger partial charge in [0.1, 0.15) is 5.69 Å². The minimum Gasteiger partial charge on any atom is -0.478 e. The van der Waals surface area contributed by atoms with Crippen LogP contribution >= 0.6 is 0 Å². The highest BCUT2D eigenvalue weighted by Crippen LogP contribution is 2.12. The number of rotatable bonds is 5. The molecule has 1 aromatic heterocycles. The summed E-state index contributed by atoms with van der Waals surface area (Å²) in [4.78, 5) is 31.5. The van der Waals surface area contributed by atoms with Crippen LogP contribution in [0.2, 0.25) is 0 Å². The number of carbonyl (C=O) groups is 2. The second kappa shape index (κ2) is 6.08. The van der Waals surface area contributed by atoms with Crippen molar-refractivity contribution in [3.63, 3.8) is 0 Å². The number of amides is 1. The molecular formula is C11H14N2O5. The van der Waals surface area contributed by atoms with Crippen molar-refractivity contribution in [2.45, 2.75) is 6.61 Å². The summed E-state index contributed by atoms with van der Waals surface area (Å²) in [5.41, 5.74) is 0.219. The number of methoxy groups -OCH3 is 1. The lowest BCUT2D eigenvalue weighted by molar-refractivity contribution is -0.0761. The first-order valence-electron chi connectivity index (χ1n) is 5.04. The average Bonchev–Trinajstić information content (AvgIpc) is 2.37. The Labute approximate surface area is 104 Å². The number of carbonyl (C=O) groups excluding carboxylic acids is 1. The van der Waals surface area contributed by atoms with Gasteiger partial charge in [-0.05, 0) is 11.6 Å². The summed E-state index contributed by atoms with van der Waals surface area (Å²) < 4.78 is 4.88. The standard InChI is InChI=1S/C11H14N2O5/c1-13(18-3)10(14)9-8(11(15)16)4-7(5-12-9)6-17-2/h4-5H,6H2,1-3H3,(H,15,16). The predicted octanol–water partition coefficient (Wildman–Crippen LogP) is 0.560. The molecular weight excluding hydrogens is 240 g/mol. The van der Waals surface area contributed by atoms with Crippen LogP contribution in [0.15, 0.2) is 12.3 Å². The molecule has 0 unspecified atom stereocenters. The molecule has 18 heavy (non-hydrogen) atoms. The van der Waals surface area contributed by atoms with E-state index < -0.39 is 11.9 Å². The van der Waals surface area contributed by atoms with Gasteiger partial charge in [0.2, 0.25) is 0 Å². The Hall–Kier alpha value is -1.99. The van der Waals surface area contributed by atoms with Crippen LogP contribution < -0.4 is 0 Å². The van der Waals surface area contributed by atoms with Crippen LogP contribution in [0.4, 0.5) is 0 Å². The number of carboxylic acids is 1. The summed E-state index contributed by atoms with van der Waals surface area (Å²) in [6, 6.07) is 1.36. The van der Waals surface area contributed by atoms with Crippen molar-refractivity contribution in [3.05, 3.63) is 29.1 Å². The largest absolute Gasteiger partial charge is 0.478 e. The number of aromatic carboxylic acids is 1. The maximum Gasteiger partial charge on any atom is 0.338 e. The zero-order chi connectivity index (χ0) is 13.7. The Balaban J connectivity index is 3.19. The Morgan fingerprint density at radius 1 is 1.44 bits per heavy atom. The van der Waals surface area contributed by atoms with Crippen molar-refractivity contribution in [2.24, 2.45) is 0 Å². The van der Waals surface area contributed by atoms with E-state index in [2.05, 4.69) is 4.98 Å². The van der Waals surface area contributed by atoms with E-state index in [9.17, 15) is 9.59 Å². The molecule has 1 rings (SSSR count). The van der Waals surface area contributed by atoms with Gasteiger partial charge in [0, 0.05) is 20.4 Å². The monoisotopic (exact) mass is 254 g/mol. The van der Waals surface area contributed by atoms with Crippen LogP contribution in [0, 0.1) is 0 Å². The number of hydrogen-bond acceptors (Lipinski definition) is 5. The number of carboxylic acid groups (broad SMARTS) is 1. The lowest BCUT2D eigenvalue weighted by Gasteiger charge is -2.14. The van der Waals surface area contributed by atoms with Gasteiger partial charge in [0.05, 0.1) is 19.3 Å². The molecule has 7 heteroatoms. The van der Waals surface area contributed by atoms with Gasteiger partial charge >= 0.3 is 5.97 Å². The molecule has 0 aliphatic carbocycles. The molecule has 0 bridgehead atoms. The molecule has 0 saturated carbocycles. The van der Waals surface area contributed by atoms with Gasteiger partial charge in [-0.2, -0.15) is 0 Å². The molecule has 0 aromatic carbocycles. The molecule has 0 radical (unpaired) electrons. The highest BCUT2D eigenvalue weighted by molar-refractivity contribution is 6.02. The van der Waals surface area contributed by atoms with E-state index in [-0.39, 0.29) is 17.9 Å². The summed E-state index contributed by atoms with van der Waals surface area (Å²) in [7, 11) is 4.16. The van der Waals surface area contributed by atoms with E-state index in [1.807, 2.05) is 0 Å². The molecule has 1 amide bonds. The third-order valence-corrected chi connectivity index (χ3v) is 2.25. The van der Waals surface area contributed by atoms with Crippen molar-refractivity contribution in [1.82, 2.24) is 10.0 Å². The number of hydrogen-bond donors (Lipinski definition) is 1. The van der Waals surface area contributed by atoms with Crippen LogP contribution in [-0.2, 0) is 16.2 Å². The van der Waals surface area contributed by atoms with E-state index in [1.165, 1.54) is 33.5 Å². The molecule has 0 aliphatic rings. The second-order valence-electron chi connectivity index (χ2n) is 3.46. The normalized spacial score (nSPS) is 10.2. The lowest BCUT2D eigenvalue weighted by atomic mass is 10.1. The maximum atomic E-state index is 11.8. The summed E-state index contributed by atoms with van der Waals surface area (Å²) in [5, 5.41) is 9.98. The summed E-state index contributed by atoms with van der Waals surface area (Å²) in [6.07, 6.45) is 1.40. The molecule has 0 atom stereocenters. The van der Waals surface area contributed by atoms with Gasteiger partial charge in [-0.1, -0.05) is 0 Å². The second-order valence-corrected chi connectivity index (χ2v) is 3.46. The van der Waals surface area contributed by atoms with Crippen LogP contribution in [0.25, 0.3) is 0 Å². The molecule has 98 valence electrons. The Morgan fingerprint density at radius 3 is 2.61 bits per heavy atom. The smallest absolute Gasteiger partial charge is 0.338 e. The molecule has 0 saturated heterocycles. The van der Waals surface area contributed by atoms with Crippen LogP contribution in [0.3, 0.4) is 0 Å². The minimum atomic E-state index is -1.23. The Kier molecular flexibility index (Phi) is 4.75. The first-order chi connectivity index (χ1) is 8.51. The van der Waals surface area contributed by atoms with Gasteiger partial charge in [-0.25, -0.2) is 14.8 Å². The number of hydroxylamine groups is 2. The zero-order valence-electron chi connectivity index (χ0n) is 10.3. The highest BCUT2D eigenvalue weighted by Gasteiger charge is 2.22. The Morgan fingerprint density at radius 2 is 2.11 bits per heavy atom. The zero-order valence-corrected chi connectivity index (χ0v) is 10.3. The summed E-state index contributed by atoms with van der Waals surface area (Å²) in [6.45, 7) is 0.224. The van der Waals surface area contributed by atoms with E-state index in [1.54, 1.807) is 0 Å². The van der Waals surface area contributed by atoms with Gasteiger partial charge in [-0.3, -0.25) is 9.63 Å². The van der Waals surface area contributed by atoms with E-state index >= 15 is 0 Å². The third-order valence-electron chi connectivity index (χ3n) is 2.25. The summed E-state index contributed by atoms with van der Waals surface area (Å²) >= 11 is 0. The SMILES string of the molecule is COCc1cnc(C(=O)N(C)OC)c(C(=O)O)c1. The fourth-order valence-corrected chi connectivity index (χ4v) is 1.32. The quantitative estimate of drug-likeness (QED) is 0.772. The van der Waals surface area contributed by atoms with Crippen LogP contribution in [0.1, 0.15) is 26.4 Å². The number of ether oxygens (including phenoxy) is 1.